The Kier molecular flexibility index (Phi) is 3.28. The minimum atomic E-state index is -0.0402. The predicted octanol–water partition coefficient (Wildman–Crippen LogP) is 2.94. The number of ether oxygens (including phenoxy) is 1. The molecule has 1 unspecified atom stereocenters. The highest BCUT2D eigenvalue weighted by Gasteiger charge is 2.21. The van der Waals surface area contributed by atoms with Gasteiger partial charge in [0, 0.05) is 12.8 Å². The number of cyclic esters (lactones) is 1. The van der Waals surface area contributed by atoms with Gasteiger partial charge in [0.2, 0.25) is 0 Å². The van der Waals surface area contributed by atoms with Gasteiger partial charge in [0.1, 0.15) is 6.10 Å². The first-order valence-corrected chi connectivity index (χ1v) is 5.91. The second kappa shape index (κ2) is 4.69. The van der Waals surface area contributed by atoms with Gasteiger partial charge in [0.15, 0.2) is 0 Å². The van der Waals surface area contributed by atoms with Crippen molar-refractivity contribution in [1.82, 2.24) is 0 Å². The van der Waals surface area contributed by atoms with E-state index in [9.17, 15) is 4.79 Å². The van der Waals surface area contributed by atoms with Crippen LogP contribution >= 0.6 is 0 Å². The summed E-state index contributed by atoms with van der Waals surface area (Å²) in [7, 11) is 0. The largest absolute Gasteiger partial charge is 0.462 e. The predicted molar refractivity (Wildman–Crippen MR) is 63.4 cm³/mol. The highest BCUT2D eigenvalue weighted by Crippen LogP contribution is 2.21. The van der Waals surface area contributed by atoms with Crippen molar-refractivity contribution in [2.24, 2.45) is 0 Å². The zero-order valence-corrected chi connectivity index (χ0v) is 9.95. The zero-order valence-electron chi connectivity index (χ0n) is 9.95. The minimum absolute atomic E-state index is 0.0402. The van der Waals surface area contributed by atoms with E-state index in [4.69, 9.17) is 4.74 Å². The smallest absolute Gasteiger partial charge is 0.306 e. The molecular weight excluding hydrogens is 200 g/mol. The van der Waals surface area contributed by atoms with Gasteiger partial charge in [-0.25, -0.2) is 0 Å². The van der Waals surface area contributed by atoms with E-state index in [2.05, 4.69) is 32.0 Å². The number of benzene rings is 1. The molecule has 0 bridgehead atoms. The zero-order chi connectivity index (χ0) is 11.5. The number of hydrogen-bond donors (Lipinski definition) is 0. The summed E-state index contributed by atoms with van der Waals surface area (Å²) in [6.45, 7) is 4.25. The summed E-state index contributed by atoms with van der Waals surface area (Å²) in [5, 5.41) is 0. The van der Waals surface area contributed by atoms with E-state index in [0.29, 0.717) is 6.42 Å². The van der Waals surface area contributed by atoms with Gasteiger partial charge in [0.25, 0.3) is 0 Å². The fourth-order valence-corrected chi connectivity index (χ4v) is 2.20. The third kappa shape index (κ3) is 2.43. The Morgan fingerprint density at radius 2 is 2.19 bits per heavy atom. The van der Waals surface area contributed by atoms with Crippen LogP contribution in [0, 0.1) is 13.8 Å². The molecule has 1 aromatic carbocycles. The van der Waals surface area contributed by atoms with Gasteiger partial charge in [-0.3, -0.25) is 4.79 Å². The molecule has 0 saturated carbocycles. The number of aryl methyl sites for hydroxylation is 1. The lowest BCUT2D eigenvalue weighted by Crippen LogP contribution is -2.25. The van der Waals surface area contributed by atoms with E-state index >= 15 is 0 Å². The van der Waals surface area contributed by atoms with Crippen LogP contribution in [-0.2, 0) is 16.0 Å². The first kappa shape index (κ1) is 11.2. The van der Waals surface area contributed by atoms with Gasteiger partial charge in [-0.2, -0.15) is 0 Å². The fraction of sp³-hybridized carbons (Fsp3) is 0.500. The van der Waals surface area contributed by atoms with E-state index in [-0.39, 0.29) is 12.1 Å². The van der Waals surface area contributed by atoms with Gasteiger partial charge in [0.05, 0.1) is 0 Å². The Morgan fingerprint density at radius 1 is 1.38 bits per heavy atom. The third-order valence-electron chi connectivity index (χ3n) is 3.37. The average molecular weight is 218 g/mol. The molecule has 1 atom stereocenters. The molecule has 1 heterocycles. The summed E-state index contributed by atoms with van der Waals surface area (Å²) in [6.07, 6.45) is 3.50. The maximum absolute atomic E-state index is 11.2. The van der Waals surface area contributed by atoms with Crippen molar-refractivity contribution in [3.63, 3.8) is 0 Å². The maximum Gasteiger partial charge on any atom is 0.306 e. The van der Waals surface area contributed by atoms with Gasteiger partial charge in [-0.05, 0) is 43.4 Å². The molecule has 0 aliphatic carbocycles. The minimum Gasteiger partial charge on any atom is -0.462 e. The lowest BCUT2D eigenvalue weighted by atomic mass is 9.96. The quantitative estimate of drug-likeness (QED) is 0.713. The topological polar surface area (TPSA) is 26.3 Å². The van der Waals surface area contributed by atoms with E-state index in [1.54, 1.807) is 0 Å². The summed E-state index contributed by atoms with van der Waals surface area (Å²) >= 11 is 0. The third-order valence-corrected chi connectivity index (χ3v) is 3.37. The van der Waals surface area contributed by atoms with Crippen LogP contribution < -0.4 is 0 Å². The molecule has 0 aromatic heterocycles. The number of esters is 1. The van der Waals surface area contributed by atoms with Crippen LogP contribution in [0.5, 0.6) is 0 Å². The molecule has 0 N–H and O–H groups in total. The normalized spacial score (nSPS) is 20.6. The van der Waals surface area contributed by atoms with Crippen molar-refractivity contribution in [1.29, 1.82) is 0 Å². The molecule has 1 aromatic rings. The van der Waals surface area contributed by atoms with Crippen LogP contribution in [0.3, 0.4) is 0 Å². The number of carbonyl (C=O) groups excluding carboxylic acids is 1. The summed E-state index contributed by atoms with van der Waals surface area (Å²) < 4.78 is 5.35. The maximum atomic E-state index is 11.2. The standard InChI is InChI=1S/C14H18O2/c1-10-5-3-6-12(11(10)2)9-13-7-4-8-14(15)16-13/h3,5-6,13H,4,7-9H2,1-2H3. The highest BCUT2D eigenvalue weighted by molar-refractivity contribution is 5.70. The van der Waals surface area contributed by atoms with Crippen molar-refractivity contribution in [3.8, 4) is 0 Å². The molecule has 1 fully saturated rings. The summed E-state index contributed by atoms with van der Waals surface area (Å²) in [5.74, 6) is -0.0402. The van der Waals surface area contributed by atoms with Crippen LogP contribution in [-0.4, -0.2) is 12.1 Å². The lowest BCUT2D eigenvalue weighted by Gasteiger charge is -2.23. The lowest BCUT2D eigenvalue weighted by molar-refractivity contribution is -0.153. The second-order valence-electron chi connectivity index (χ2n) is 4.57. The van der Waals surface area contributed by atoms with Crippen LogP contribution in [0.15, 0.2) is 18.2 Å². The monoisotopic (exact) mass is 218 g/mol. The van der Waals surface area contributed by atoms with Crippen molar-refractivity contribution in [3.05, 3.63) is 34.9 Å². The molecule has 0 spiro atoms. The van der Waals surface area contributed by atoms with Crippen LogP contribution in [0.1, 0.15) is 36.0 Å². The van der Waals surface area contributed by atoms with Gasteiger partial charge < -0.3 is 4.74 Å². The Balaban J connectivity index is 2.08. The highest BCUT2D eigenvalue weighted by atomic mass is 16.5. The molecule has 2 rings (SSSR count). The second-order valence-corrected chi connectivity index (χ2v) is 4.57. The van der Waals surface area contributed by atoms with E-state index < -0.39 is 0 Å². The van der Waals surface area contributed by atoms with Crippen molar-refractivity contribution in [2.75, 3.05) is 0 Å². The number of carbonyl (C=O) groups is 1. The summed E-state index contributed by atoms with van der Waals surface area (Å²) in [5.41, 5.74) is 3.93. The van der Waals surface area contributed by atoms with Gasteiger partial charge in [-0.15, -0.1) is 0 Å². The molecule has 1 aliphatic rings. The molecule has 2 heteroatoms. The average Bonchev–Trinajstić information content (AvgIpc) is 2.25. The molecule has 86 valence electrons. The summed E-state index contributed by atoms with van der Waals surface area (Å²) in [4.78, 5) is 11.2. The first-order valence-electron chi connectivity index (χ1n) is 5.91. The summed E-state index contributed by atoms with van der Waals surface area (Å²) in [6, 6.07) is 6.32. The van der Waals surface area contributed by atoms with Crippen molar-refractivity contribution < 1.29 is 9.53 Å². The molecule has 1 aliphatic heterocycles. The number of hydrogen-bond acceptors (Lipinski definition) is 2. The Bertz CT molecular complexity index is 396. The first-order chi connectivity index (χ1) is 7.66. The van der Waals surface area contributed by atoms with Gasteiger partial charge in [-0.1, -0.05) is 18.2 Å². The van der Waals surface area contributed by atoms with Crippen molar-refractivity contribution in [2.45, 2.75) is 45.6 Å². The molecule has 2 nitrogen and oxygen atoms in total. The fourth-order valence-electron chi connectivity index (χ4n) is 2.20. The molecule has 0 radical (unpaired) electrons. The van der Waals surface area contributed by atoms with E-state index in [1.165, 1.54) is 16.7 Å². The Morgan fingerprint density at radius 3 is 2.94 bits per heavy atom. The van der Waals surface area contributed by atoms with Crippen LogP contribution in [0.25, 0.3) is 0 Å². The van der Waals surface area contributed by atoms with E-state index in [1.807, 2.05) is 0 Å². The van der Waals surface area contributed by atoms with Crippen LogP contribution in [0.4, 0.5) is 0 Å². The molecule has 16 heavy (non-hydrogen) atoms. The number of rotatable bonds is 2. The van der Waals surface area contributed by atoms with Gasteiger partial charge >= 0.3 is 5.97 Å². The SMILES string of the molecule is Cc1cccc(CC2CCCC(=O)O2)c1C. The van der Waals surface area contributed by atoms with E-state index in [0.717, 1.165) is 19.3 Å². The van der Waals surface area contributed by atoms with Crippen molar-refractivity contribution >= 4 is 5.97 Å². The Hall–Kier alpha value is -1.31. The molecular formula is C14H18O2. The molecule has 1 saturated heterocycles. The molecule has 0 amide bonds. The van der Waals surface area contributed by atoms with Crippen LogP contribution in [0.2, 0.25) is 0 Å². The Labute approximate surface area is 96.6 Å².